The van der Waals surface area contributed by atoms with Gasteiger partial charge in [0, 0.05) is 4.88 Å². The zero-order chi connectivity index (χ0) is 14.9. The highest BCUT2D eigenvalue weighted by Crippen LogP contribution is 2.27. The van der Waals surface area contributed by atoms with Gasteiger partial charge in [-0.15, -0.1) is 22.7 Å². The van der Waals surface area contributed by atoms with Gasteiger partial charge in [-0.25, -0.2) is 13.1 Å². The van der Waals surface area contributed by atoms with Crippen molar-refractivity contribution in [3.8, 4) is 10.6 Å². The number of hydrogen-bond acceptors (Lipinski definition) is 5. The van der Waals surface area contributed by atoms with Gasteiger partial charge in [-0.2, -0.15) is 0 Å². The van der Waals surface area contributed by atoms with Crippen LogP contribution in [0.3, 0.4) is 0 Å². The summed E-state index contributed by atoms with van der Waals surface area (Å²) in [5, 5.41) is 1.97. The standard InChI is InChI=1S/C14H13NO3S3/c1-10-4-7-14(20-10)21(16,17)15-9-11-5-6-12(18-11)13-3-2-8-19-13/h2-8,15H,9H2,1H3. The minimum absolute atomic E-state index is 0.144. The molecule has 0 spiro atoms. The van der Waals surface area contributed by atoms with Crippen LogP contribution in [0.5, 0.6) is 0 Å². The maximum Gasteiger partial charge on any atom is 0.250 e. The fourth-order valence-corrected chi connectivity index (χ4v) is 4.83. The Morgan fingerprint density at radius 3 is 2.71 bits per heavy atom. The summed E-state index contributed by atoms with van der Waals surface area (Å²) in [7, 11) is -3.47. The van der Waals surface area contributed by atoms with Crippen molar-refractivity contribution in [2.45, 2.75) is 17.7 Å². The van der Waals surface area contributed by atoms with Gasteiger partial charge in [0.05, 0.1) is 11.4 Å². The van der Waals surface area contributed by atoms with Crippen molar-refractivity contribution in [3.63, 3.8) is 0 Å². The fourth-order valence-electron chi connectivity index (χ4n) is 1.82. The van der Waals surface area contributed by atoms with Crippen LogP contribution in [0, 0.1) is 6.92 Å². The highest BCUT2D eigenvalue weighted by Gasteiger charge is 2.16. The van der Waals surface area contributed by atoms with Gasteiger partial charge in [-0.3, -0.25) is 0 Å². The molecule has 7 heteroatoms. The monoisotopic (exact) mass is 339 g/mol. The highest BCUT2D eigenvalue weighted by atomic mass is 32.2. The Morgan fingerprint density at radius 1 is 1.19 bits per heavy atom. The van der Waals surface area contributed by atoms with E-state index < -0.39 is 10.0 Å². The number of thiophene rings is 2. The van der Waals surface area contributed by atoms with E-state index in [4.69, 9.17) is 4.42 Å². The zero-order valence-electron chi connectivity index (χ0n) is 11.2. The minimum atomic E-state index is -3.47. The summed E-state index contributed by atoms with van der Waals surface area (Å²) in [5.41, 5.74) is 0. The summed E-state index contributed by atoms with van der Waals surface area (Å²) in [4.78, 5) is 1.99. The van der Waals surface area contributed by atoms with Crippen LogP contribution in [-0.2, 0) is 16.6 Å². The number of hydrogen-bond donors (Lipinski definition) is 1. The molecule has 0 aliphatic carbocycles. The average Bonchev–Trinajstić information content (AvgIpc) is 3.17. The number of furan rings is 1. The first-order valence-corrected chi connectivity index (χ1v) is 9.41. The van der Waals surface area contributed by atoms with Crippen molar-refractivity contribution < 1.29 is 12.8 Å². The first-order chi connectivity index (χ1) is 10.0. The van der Waals surface area contributed by atoms with Gasteiger partial charge in [0.25, 0.3) is 0 Å². The molecule has 0 atom stereocenters. The van der Waals surface area contributed by atoms with Crippen molar-refractivity contribution in [2.24, 2.45) is 0 Å². The number of nitrogens with one attached hydrogen (secondary N) is 1. The molecular weight excluding hydrogens is 326 g/mol. The third kappa shape index (κ3) is 3.26. The molecule has 3 aromatic heterocycles. The molecule has 0 unspecified atom stereocenters. The first-order valence-electron chi connectivity index (χ1n) is 6.23. The van der Waals surface area contributed by atoms with E-state index in [0.29, 0.717) is 9.97 Å². The maximum absolute atomic E-state index is 12.1. The van der Waals surface area contributed by atoms with Crippen LogP contribution in [0.15, 0.2) is 50.4 Å². The molecule has 0 bridgehead atoms. The van der Waals surface area contributed by atoms with Crippen LogP contribution in [0.25, 0.3) is 10.6 Å². The molecule has 110 valence electrons. The average molecular weight is 339 g/mol. The lowest BCUT2D eigenvalue weighted by atomic mass is 10.3. The van der Waals surface area contributed by atoms with Crippen LogP contribution >= 0.6 is 22.7 Å². The normalized spacial score (nSPS) is 11.9. The Hall–Kier alpha value is -1.41. The smallest absolute Gasteiger partial charge is 0.250 e. The quantitative estimate of drug-likeness (QED) is 0.768. The van der Waals surface area contributed by atoms with Gasteiger partial charge >= 0.3 is 0 Å². The summed E-state index contributed by atoms with van der Waals surface area (Å²) >= 11 is 2.84. The largest absolute Gasteiger partial charge is 0.459 e. The molecule has 0 amide bonds. The van der Waals surface area contributed by atoms with Gasteiger partial charge in [-0.05, 0) is 42.6 Å². The Balaban J connectivity index is 1.71. The van der Waals surface area contributed by atoms with Crippen molar-refractivity contribution in [1.82, 2.24) is 4.72 Å². The summed E-state index contributed by atoms with van der Waals surface area (Å²) in [6.45, 7) is 2.02. The Bertz CT molecular complexity index is 829. The van der Waals surface area contributed by atoms with Crippen LogP contribution in [0.4, 0.5) is 0 Å². The molecular formula is C14H13NO3S3. The van der Waals surface area contributed by atoms with Gasteiger partial charge in [0.1, 0.15) is 15.7 Å². The van der Waals surface area contributed by atoms with Crippen molar-refractivity contribution >= 4 is 32.7 Å². The summed E-state index contributed by atoms with van der Waals surface area (Å²) in [5.74, 6) is 1.35. The molecule has 4 nitrogen and oxygen atoms in total. The fraction of sp³-hybridized carbons (Fsp3) is 0.143. The lowest BCUT2D eigenvalue weighted by molar-refractivity contribution is 0.511. The molecule has 0 saturated heterocycles. The van der Waals surface area contributed by atoms with Gasteiger partial charge in [0.15, 0.2) is 0 Å². The topological polar surface area (TPSA) is 59.3 Å². The maximum atomic E-state index is 12.1. The molecule has 0 aliphatic heterocycles. The van der Waals surface area contributed by atoms with E-state index in [1.165, 1.54) is 11.3 Å². The molecule has 3 heterocycles. The van der Waals surface area contributed by atoms with Crippen molar-refractivity contribution in [1.29, 1.82) is 0 Å². The molecule has 3 aromatic rings. The van der Waals surface area contributed by atoms with E-state index in [0.717, 1.165) is 15.5 Å². The number of sulfonamides is 1. The van der Waals surface area contributed by atoms with Crippen molar-refractivity contribution in [3.05, 3.63) is 52.4 Å². The Labute approximate surface area is 131 Å². The number of rotatable bonds is 5. The third-order valence-electron chi connectivity index (χ3n) is 2.84. The highest BCUT2D eigenvalue weighted by molar-refractivity contribution is 7.91. The van der Waals surface area contributed by atoms with E-state index in [9.17, 15) is 8.42 Å². The Kier molecular flexibility index (Phi) is 3.99. The molecule has 0 saturated carbocycles. The third-order valence-corrected chi connectivity index (χ3v) is 6.62. The van der Waals surface area contributed by atoms with E-state index in [-0.39, 0.29) is 6.54 Å². The second-order valence-electron chi connectivity index (χ2n) is 4.43. The second kappa shape index (κ2) is 5.76. The van der Waals surface area contributed by atoms with Crippen LogP contribution in [-0.4, -0.2) is 8.42 Å². The molecule has 0 aliphatic rings. The molecule has 0 radical (unpaired) electrons. The molecule has 1 N–H and O–H groups in total. The van der Waals surface area contributed by atoms with E-state index in [1.54, 1.807) is 29.5 Å². The van der Waals surface area contributed by atoms with Crippen LogP contribution in [0.1, 0.15) is 10.6 Å². The van der Waals surface area contributed by atoms with E-state index in [1.807, 2.05) is 30.5 Å². The van der Waals surface area contributed by atoms with Gasteiger partial charge < -0.3 is 4.42 Å². The summed E-state index contributed by atoms with van der Waals surface area (Å²) in [6.07, 6.45) is 0. The van der Waals surface area contributed by atoms with Crippen LogP contribution in [0.2, 0.25) is 0 Å². The predicted octanol–water partition coefficient (Wildman–Crippen LogP) is 3.86. The predicted molar refractivity (Wildman–Crippen MR) is 85.1 cm³/mol. The van der Waals surface area contributed by atoms with Crippen LogP contribution < -0.4 is 4.72 Å². The molecule has 0 fully saturated rings. The second-order valence-corrected chi connectivity index (χ2v) is 8.66. The minimum Gasteiger partial charge on any atom is -0.459 e. The van der Waals surface area contributed by atoms with E-state index >= 15 is 0 Å². The number of aryl methyl sites for hydroxylation is 1. The lowest BCUT2D eigenvalue weighted by Gasteiger charge is -2.02. The SMILES string of the molecule is Cc1ccc(S(=O)(=O)NCc2ccc(-c3cccs3)o2)s1. The lowest BCUT2D eigenvalue weighted by Crippen LogP contribution is -2.22. The molecule has 3 rings (SSSR count). The molecule has 0 aromatic carbocycles. The van der Waals surface area contributed by atoms with E-state index in [2.05, 4.69) is 4.72 Å². The first kappa shape index (κ1) is 14.5. The summed E-state index contributed by atoms with van der Waals surface area (Å²) in [6, 6.07) is 11.0. The van der Waals surface area contributed by atoms with Gasteiger partial charge in [0.2, 0.25) is 10.0 Å². The van der Waals surface area contributed by atoms with Gasteiger partial charge in [-0.1, -0.05) is 6.07 Å². The van der Waals surface area contributed by atoms with Crippen molar-refractivity contribution in [2.75, 3.05) is 0 Å². The summed E-state index contributed by atoms with van der Waals surface area (Å²) < 4.78 is 32.8. The zero-order valence-corrected chi connectivity index (χ0v) is 13.6. The Morgan fingerprint density at radius 2 is 2.05 bits per heavy atom. The molecule has 21 heavy (non-hydrogen) atoms.